The van der Waals surface area contributed by atoms with Crippen LogP contribution in [-0.2, 0) is 19.9 Å². The van der Waals surface area contributed by atoms with E-state index in [4.69, 9.17) is 2.32 Å². The quantitative estimate of drug-likeness (QED) is 0.292. The Labute approximate surface area is 107 Å². The maximum absolute atomic E-state index is 10.1. The van der Waals surface area contributed by atoms with Gasteiger partial charge in [0.2, 0.25) is 0 Å². The van der Waals surface area contributed by atoms with Crippen LogP contribution in [0.25, 0.3) is 0 Å². The molecule has 0 N–H and O–H groups in total. The Morgan fingerprint density at radius 1 is 0.833 bits per heavy atom. The predicted octanol–water partition coefficient (Wildman–Crippen LogP) is -2.53. The topological polar surface area (TPSA) is 88.1 Å². The molecule has 0 aliphatic heterocycles. The van der Waals surface area contributed by atoms with Crippen LogP contribution in [0, 0.1) is 0 Å². The second-order valence-electron chi connectivity index (χ2n) is 1.22. The molecule has 12 heteroatoms. The third-order valence-electron chi connectivity index (χ3n) is 0.611. The molecule has 0 fully saturated rings. The Morgan fingerprint density at radius 2 is 1.42 bits per heavy atom. The zero-order valence-electron chi connectivity index (χ0n) is 5.74. The van der Waals surface area contributed by atoms with Gasteiger partial charge in [-0.3, -0.25) is 0 Å². The molecule has 0 atom stereocenters. The molecule has 0 saturated heterocycles. The molecular weight excluding hydrogens is 461 g/mol. The van der Waals surface area contributed by atoms with E-state index in [1.807, 2.05) is 0 Å². The van der Waals surface area contributed by atoms with E-state index in [1.165, 1.54) is 0 Å². The molecule has 0 aromatic rings. The van der Waals surface area contributed by atoms with E-state index >= 15 is 0 Å². The Kier molecular flexibility index (Phi) is 12.8. The van der Waals surface area contributed by atoms with Crippen LogP contribution in [-0.4, -0.2) is 88.6 Å². The summed E-state index contributed by atoms with van der Waals surface area (Å²) in [5, 5.41) is 0. The Morgan fingerprint density at radius 3 is 1.83 bits per heavy atom. The minimum atomic E-state index is -2.88. The molecule has 12 heavy (non-hydrogen) atoms. The van der Waals surface area contributed by atoms with Gasteiger partial charge in [0, 0.05) is 0 Å². The number of hydrogen-bond donors (Lipinski definition) is 0. The van der Waals surface area contributed by atoms with Gasteiger partial charge in [-0.05, 0) is 0 Å². The van der Waals surface area contributed by atoms with Crippen molar-refractivity contribution in [1.29, 1.82) is 0 Å². The van der Waals surface area contributed by atoms with E-state index in [-0.39, 0.29) is 0 Å². The van der Waals surface area contributed by atoms with Crippen LogP contribution in [0.4, 0.5) is 0 Å². The van der Waals surface area contributed by atoms with Gasteiger partial charge >= 0.3 is 109 Å². The van der Waals surface area contributed by atoms with E-state index in [1.54, 1.807) is 0 Å². The van der Waals surface area contributed by atoms with Crippen LogP contribution in [0.2, 0.25) is 0 Å². The van der Waals surface area contributed by atoms with Crippen molar-refractivity contribution in [2.45, 2.75) is 0 Å². The SMILES string of the molecule is [O]=[Ga][O][Ga][O][Ga]([O][Ga]=[O])[O][Ga]=[O]. The zero-order valence-corrected chi connectivity index (χ0v) is 17.9. The fourth-order valence-corrected chi connectivity index (χ4v) is 22.3. The summed E-state index contributed by atoms with van der Waals surface area (Å²) in [4.78, 5) is 0. The van der Waals surface area contributed by atoms with Crippen LogP contribution < -0.4 is 0 Å². The van der Waals surface area contributed by atoms with Crippen molar-refractivity contribution in [2.24, 2.45) is 0 Å². The van der Waals surface area contributed by atoms with Gasteiger partial charge in [0.15, 0.2) is 0 Å². The number of hydrogen-bond acceptors (Lipinski definition) is 7. The van der Waals surface area contributed by atoms with Gasteiger partial charge in [-0.25, -0.2) is 0 Å². The molecule has 0 aromatic carbocycles. The van der Waals surface area contributed by atoms with E-state index in [0.717, 1.165) is 0 Å². The Hall–Kier alpha value is 1.94. The van der Waals surface area contributed by atoms with Gasteiger partial charge in [0.25, 0.3) is 0 Å². The molecule has 0 spiro atoms. The summed E-state index contributed by atoms with van der Waals surface area (Å²) in [5.41, 5.74) is 0. The van der Waals surface area contributed by atoms with E-state index in [0.29, 0.717) is 0 Å². The normalized spacial score (nSPS) is 6.67. The van der Waals surface area contributed by atoms with Crippen LogP contribution >= 0.6 is 0 Å². The average molecular weight is 461 g/mol. The third kappa shape index (κ3) is 8.54. The van der Waals surface area contributed by atoms with Gasteiger partial charge in [-0.15, -0.1) is 0 Å². The molecule has 7 nitrogen and oxygen atoms in total. The van der Waals surface area contributed by atoms with Gasteiger partial charge < -0.3 is 0 Å². The molecule has 0 bridgehead atoms. The average Bonchev–Trinajstić information content (AvgIpc) is 2.06. The van der Waals surface area contributed by atoms with Crippen LogP contribution in [0.1, 0.15) is 0 Å². The fraction of sp³-hybridized carbons (Fsp3) is 0. The van der Waals surface area contributed by atoms with Crippen molar-refractivity contribution >= 4 is 88.6 Å². The van der Waals surface area contributed by atoms with E-state index in [9.17, 15) is 10.6 Å². The second-order valence-corrected chi connectivity index (χ2v) is 18.2. The summed E-state index contributed by atoms with van der Waals surface area (Å²) in [6, 6.07) is 0. The first-order valence-electron chi connectivity index (χ1n) is 2.59. The maximum atomic E-state index is 10.1. The standard InChI is InChI=1S/5Ga.7O. The summed E-state index contributed by atoms with van der Waals surface area (Å²) < 4.78 is 49.1. The molecule has 0 unspecified atom stereocenters. The van der Waals surface area contributed by atoms with Crippen LogP contribution in [0.3, 0.4) is 0 Å². The van der Waals surface area contributed by atoms with Gasteiger partial charge in [0.1, 0.15) is 0 Å². The minimum absolute atomic E-state index is 1.46. The summed E-state index contributed by atoms with van der Waals surface area (Å²) in [6.45, 7) is 0. The first-order chi connectivity index (χ1) is 5.85. The van der Waals surface area contributed by atoms with E-state index in [2.05, 4.69) is 6.96 Å². The van der Waals surface area contributed by atoms with Crippen LogP contribution in [0.5, 0.6) is 0 Å². The molecule has 0 aliphatic rings. The molecule has 0 amide bonds. The van der Waals surface area contributed by atoms with Crippen molar-refractivity contribution in [1.82, 2.24) is 0 Å². The Balaban J connectivity index is 3.53. The summed E-state index contributed by atoms with van der Waals surface area (Å²) in [6.07, 6.45) is 0. The first-order valence-corrected chi connectivity index (χ1v) is 13.5. The molecule has 0 rings (SSSR count). The number of rotatable bonds is 8. The molecule has 57 valence electrons. The van der Waals surface area contributed by atoms with Crippen molar-refractivity contribution < 1.29 is 19.9 Å². The summed E-state index contributed by atoms with van der Waals surface area (Å²) in [5.74, 6) is 0. The molecule has 0 aromatic heterocycles. The van der Waals surface area contributed by atoms with E-state index < -0.39 is 88.6 Å². The molecule has 0 heterocycles. The molecule has 0 aliphatic carbocycles. The third-order valence-corrected chi connectivity index (χ3v) is 16.5. The molecule has 0 saturated carbocycles. The summed E-state index contributed by atoms with van der Waals surface area (Å²) >= 11 is -10.0. The summed E-state index contributed by atoms with van der Waals surface area (Å²) in [7, 11) is 0. The van der Waals surface area contributed by atoms with Crippen molar-refractivity contribution in [3.63, 3.8) is 0 Å². The van der Waals surface area contributed by atoms with Gasteiger partial charge in [-0.1, -0.05) is 0 Å². The second kappa shape index (κ2) is 11.0. The first kappa shape index (κ1) is 13.9. The van der Waals surface area contributed by atoms with Crippen molar-refractivity contribution in [3.05, 3.63) is 0 Å². The van der Waals surface area contributed by atoms with Crippen LogP contribution in [0.15, 0.2) is 0 Å². The fourth-order valence-electron chi connectivity index (χ4n) is 0.287. The monoisotopic (exact) mass is 457 g/mol. The van der Waals surface area contributed by atoms with Crippen molar-refractivity contribution in [3.8, 4) is 0 Å². The molecule has 1 radical (unpaired) electrons. The van der Waals surface area contributed by atoms with Gasteiger partial charge in [0.05, 0.1) is 0 Å². The van der Waals surface area contributed by atoms with Gasteiger partial charge in [-0.2, -0.15) is 0 Å². The Bertz CT molecular complexity index is 135. The zero-order chi connectivity index (χ0) is 9.23. The molecular formula is Ga5O7. The van der Waals surface area contributed by atoms with Crippen molar-refractivity contribution in [2.75, 3.05) is 0 Å². The predicted molar refractivity (Wildman–Crippen MR) is 35.2 cm³/mol.